The zero-order valence-electron chi connectivity index (χ0n) is 22.3. The molecule has 198 valence electrons. The van der Waals surface area contributed by atoms with Gasteiger partial charge in [0, 0.05) is 42.1 Å². The van der Waals surface area contributed by atoms with Crippen molar-refractivity contribution in [1.29, 1.82) is 0 Å². The maximum atomic E-state index is 12.9. The summed E-state index contributed by atoms with van der Waals surface area (Å²) in [5.74, 6) is 1.03. The van der Waals surface area contributed by atoms with Gasteiger partial charge in [-0.2, -0.15) is 0 Å². The number of hydrogen-bond donors (Lipinski definition) is 2. The Kier molecular flexibility index (Phi) is 7.56. The number of nitrogens with one attached hydrogen (secondary N) is 1. The lowest BCUT2D eigenvalue weighted by atomic mass is 9.83. The van der Waals surface area contributed by atoms with Gasteiger partial charge in [0.1, 0.15) is 5.69 Å². The summed E-state index contributed by atoms with van der Waals surface area (Å²) >= 11 is 0. The van der Waals surface area contributed by atoms with Crippen LogP contribution in [0.1, 0.15) is 64.4 Å². The smallest absolute Gasteiger partial charge is 0.225 e. The first kappa shape index (κ1) is 26.0. The first-order chi connectivity index (χ1) is 18.3. The second-order valence-electron chi connectivity index (χ2n) is 11.3. The Hall–Kier alpha value is -3.58. The molecular formula is C31H37N5O2. The quantitative estimate of drug-likeness (QED) is 0.435. The van der Waals surface area contributed by atoms with Crippen LogP contribution in [0.2, 0.25) is 0 Å². The van der Waals surface area contributed by atoms with Crippen LogP contribution in [0.5, 0.6) is 0 Å². The summed E-state index contributed by atoms with van der Waals surface area (Å²) in [6.07, 6.45) is 6.02. The average Bonchev–Trinajstić information content (AvgIpc) is 3.35. The number of amides is 2. The second kappa shape index (κ2) is 11.0. The third kappa shape index (κ3) is 5.94. The van der Waals surface area contributed by atoms with Gasteiger partial charge in [0.25, 0.3) is 0 Å². The zero-order valence-corrected chi connectivity index (χ0v) is 22.3. The number of nitrogens with zero attached hydrogens (tertiary/aromatic N) is 3. The number of carbonyl (C=O) groups excluding carboxylic acids is 2. The van der Waals surface area contributed by atoms with Gasteiger partial charge in [-0.1, -0.05) is 54.6 Å². The Morgan fingerprint density at radius 2 is 1.71 bits per heavy atom. The number of hydrogen-bond acceptors (Lipinski definition) is 5. The third-order valence-corrected chi connectivity index (χ3v) is 7.89. The minimum atomic E-state index is -0.425. The molecule has 7 nitrogen and oxygen atoms in total. The number of carbonyl (C=O) groups is 2. The lowest BCUT2D eigenvalue weighted by Crippen LogP contribution is -2.39. The molecule has 2 aliphatic rings. The molecule has 1 aliphatic carbocycles. The van der Waals surface area contributed by atoms with Gasteiger partial charge in [0.2, 0.25) is 11.8 Å². The van der Waals surface area contributed by atoms with Crippen molar-refractivity contribution in [3.05, 3.63) is 66.2 Å². The van der Waals surface area contributed by atoms with Gasteiger partial charge in [0.15, 0.2) is 5.82 Å². The Bertz CT molecular complexity index is 1280. The largest absolute Gasteiger partial charge is 0.340 e. The van der Waals surface area contributed by atoms with E-state index in [1.807, 2.05) is 74.5 Å². The maximum absolute atomic E-state index is 12.9. The van der Waals surface area contributed by atoms with Crippen molar-refractivity contribution in [2.24, 2.45) is 11.7 Å². The molecule has 0 radical (unpaired) electrons. The molecule has 3 aromatic rings. The van der Waals surface area contributed by atoms with Gasteiger partial charge in [0.05, 0.1) is 0 Å². The standard InChI is InChI=1S/C31H37N5O2/c1-31(2,32)24-14-12-23(13-15-24)30-26(22-7-4-3-5-8-22)20-27(34-35-30)33-28(37)19-21-10-16-25(17-11-21)36-18-6-9-29(36)38/h3-5,7-8,12-15,20-21,25H,6,9-11,16-19,32H2,1-2H3,(H,33,34,37)/t21-,25-. The zero-order chi connectivity index (χ0) is 26.7. The molecule has 0 atom stereocenters. The molecule has 0 unspecified atom stereocenters. The molecule has 0 bridgehead atoms. The van der Waals surface area contributed by atoms with Crippen LogP contribution in [0.3, 0.4) is 0 Å². The van der Waals surface area contributed by atoms with Gasteiger partial charge in [-0.05, 0) is 69.1 Å². The highest BCUT2D eigenvalue weighted by molar-refractivity contribution is 5.91. The summed E-state index contributed by atoms with van der Waals surface area (Å²) in [7, 11) is 0. The first-order valence-electron chi connectivity index (χ1n) is 13.7. The molecule has 0 spiro atoms. The van der Waals surface area contributed by atoms with E-state index in [1.54, 1.807) is 0 Å². The monoisotopic (exact) mass is 511 g/mol. The SMILES string of the molecule is CC(C)(N)c1ccc(-c2nnc(NC(=O)C[C@H]3CC[C@H](N4CCCC4=O)CC3)cc2-c2ccccc2)cc1. The van der Waals surface area contributed by atoms with Crippen molar-refractivity contribution < 1.29 is 9.59 Å². The van der Waals surface area contributed by atoms with Crippen molar-refractivity contribution in [2.45, 2.75) is 70.4 Å². The van der Waals surface area contributed by atoms with Crippen LogP contribution in [0.4, 0.5) is 5.82 Å². The maximum Gasteiger partial charge on any atom is 0.225 e. The fraction of sp³-hybridized carbons (Fsp3) is 0.419. The van der Waals surface area contributed by atoms with E-state index >= 15 is 0 Å². The molecule has 38 heavy (non-hydrogen) atoms. The van der Waals surface area contributed by atoms with Gasteiger partial charge in [-0.3, -0.25) is 9.59 Å². The van der Waals surface area contributed by atoms with E-state index in [1.165, 1.54) is 0 Å². The topological polar surface area (TPSA) is 101 Å². The Morgan fingerprint density at radius 1 is 1.00 bits per heavy atom. The van der Waals surface area contributed by atoms with E-state index in [0.29, 0.717) is 36.5 Å². The minimum Gasteiger partial charge on any atom is -0.340 e. The molecule has 1 saturated heterocycles. The number of nitrogens with two attached hydrogens (primary N) is 1. The molecule has 2 amide bonds. The van der Waals surface area contributed by atoms with E-state index < -0.39 is 5.54 Å². The summed E-state index contributed by atoms with van der Waals surface area (Å²) in [6, 6.07) is 20.4. The lowest BCUT2D eigenvalue weighted by Gasteiger charge is -2.34. The Labute approximate surface area is 224 Å². The van der Waals surface area contributed by atoms with E-state index in [4.69, 9.17) is 5.73 Å². The highest BCUT2D eigenvalue weighted by atomic mass is 16.2. The lowest BCUT2D eigenvalue weighted by molar-refractivity contribution is -0.130. The van der Waals surface area contributed by atoms with Crippen LogP contribution in [0, 0.1) is 5.92 Å². The number of likely N-dealkylation sites (tertiary alicyclic amines) is 1. The normalized spacial score (nSPS) is 20.0. The molecule has 2 fully saturated rings. The van der Waals surface area contributed by atoms with Crippen LogP contribution in [0.25, 0.3) is 22.4 Å². The van der Waals surface area contributed by atoms with Crippen molar-refractivity contribution in [2.75, 3.05) is 11.9 Å². The molecule has 7 heteroatoms. The second-order valence-corrected chi connectivity index (χ2v) is 11.3. The van der Waals surface area contributed by atoms with Crippen molar-refractivity contribution >= 4 is 17.6 Å². The number of rotatable bonds is 7. The summed E-state index contributed by atoms with van der Waals surface area (Å²) in [5, 5.41) is 11.9. The van der Waals surface area contributed by atoms with Crippen LogP contribution < -0.4 is 11.1 Å². The number of aromatic nitrogens is 2. The number of benzene rings is 2. The first-order valence-corrected chi connectivity index (χ1v) is 13.7. The van der Waals surface area contributed by atoms with Crippen LogP contribution in [0.15, 0.2) is 60.7 Å². The molecule has 5 rings (SSSR count). The van der Waals surface area contributed by atoms with Crippen LogP contribution in [-0.2, 0) is 15.1 Å². The fourth-order valence-corrected chi connectivity index (χ4v) is 5.73. The summed E-state index contributed by atoms with van der Waals surface area (Å²) in [6.45, 7) is 4.85. The van der Waals surface area contributed by atoms with E-state index in [9.17, 15) is 9.59 Å². The summed E-state index contributed by atoms with van der Waals surface area (Å²) in [5.41, 5.74) is 10.5. The molecule has 2 aromatic carbocycles. The molecule has 2 heterocycles. The minimum absolute atomic E-state index is 0.0405. The van der Waals surface area contributed by atoms with E-state index in [2.05, 4.69) is 20.4 Å². The molecular weight excluding hydrogens is 474 g/mol. The highest BCUT2D eigenvalue weighted by Crippen LogP contribution is 2.34. The van der Waals surface area contributed by atoms with Crippen LogP contribution in [-0.4, -0.2) is 39.5 Å². The van der Waals surface area contributed by atoms with E-state index in [-0.39, 0.29) is 5.91 Å². The van der Waals surface area contributed by atoms with Gasteiger partial charge in [-0.15, -0.1) is 10.2 Å². The van der Waals surface area contributed by atoms with Gasteiger partial charge in [-0.25, -0.2) is 0 Å². The van der Waals surface area contributed by atoms with E-state index in [0.717, 1.165) is 66.6 Å². The molecule has 3 N–H and O–H groups in total. The molecule has 1 aliphatic heterocycles. The van der Waals surface area contributed by atoms with Crippen LogP contribution >= 0.6 is 0 Å². The average molecular weight is 512 g/mol. The predicted octanol–water partition coefficient (Wildman–Crippen LogP) is 5.51. The summed E-state index contributed by atoms with van der Waals surface area (Å²) < 4.78 is 0. The van der Waals surface area contributed by atoms with Crippen molar-refractivity contribution in [3.63, 3.8) is 0 Å². The fourth-order valence-electron chi connectivity index (χ4n) is 5.73. The number of anilines is 1. The van der Waals surface area contributed by atoms with Gasteiger partial charge >= 0.3 is 0 Å². The predicted molar refractivity (Wildman–Crippen MR) is 150 cm³/mol. The van der Waals surface area contributed by atoms with Gasteiger partial charge < -0.3 is 16.0 Å². The summed E-state index contributed by atoms with van der Waals surface area (Å²) in [4.78, 5) is 27.1. The Balaban J connectivity index is 1.28. The molecule has 1 aromatic heterocycles. The van der Waals surface area contributed by atoms with Crippen molar-refractivity contribution in [3.8, 4) is 22.4 Å². The third-order valence-electron chi connectivity index (χ3n) is 7.89. The molecule has 1 saturated carbocycles. The Morgan fingerprint density at radius 3 is 2.34 bits per heavy atom. The highest BCUT2D eigenvalue weighted by Gasteiger charge is 2.32. The van der Waals surface area contributed by atoms with Crippen molar-refractivity contribution in [1.82, 2.24) is 15.1 Å².